The molecule has 0 amide bonds. The van der Waals surface area contributed by atoms with Gasteiger partial charge < -0.3 is 9.30 Å². The summed E-state index contributed by atoms with van der Waals surface area (Å²) in [4.78, 5) is 16.2. The fourth-order valence-corrected chi connectivity index (χ4v) is 2.29. The highest BCUT2D eigenvalue weighted by atomic mass is 19.1. The van der Waals surface area contributed by atoms with Crippen molar-refractivity contribution >= 4 is 11.5 Å². The maximum absolute atomic E-state index is 13.6. The zero-order chi connectivity index (χ0) is 16.9. The van der Waals surface area contributed by atoms with Crippen molar-refractivity contribution in [3.8, 4) is 5.75 Å². The van der Waals surface area contributed by atoms with Gasteiger partial charge in [-0.1, -0.05) is 24.8 Å². The third-order valence-corrected chi connectivity index (χ3v) is 3.47. The number of nitrogens with zero attached hydrogens (tertiary/aromatic N) is 2. The first-order chi connectivity index (χ1) is 11.6. The number of hydrogen-bond acceptors (Lipinski definition) is 3. The summed E-state index contributed by atoms with van der Waals surface area (Å²) in [5, 5.41) is 0. The van der Waals surface area contributed by atoms with E-state index in [0.717, 1.165) is 0 Å². The molecule has 0 aliphatic carbocycles. The first kappa shape index (κ1) is 15.7. The molecule has 24 heavy (non-hydrogen) atoms. The molecule has 0 aliphatic rings. The molecule has 0 aliphatic heterocycles. The van der Waals surface area contributed by atoms with Crippen LogP contribution in [0, 0.1) is 5.82 Å². The van der Waals surface area contributed by atoms with Crippen molar-refractivity contribution in [2.45, 2.75) is 6.54 Å². The van der Waals surface area contributed by atoms with E-state index in [-0.39, 0.29) is 5.75 Å². The molecule has 0 unspecified atom stereocenters. The Bertz CT molecular complexity index is 858. The van der Waals surface area contributed by atoms with Gasteiger partial charge in [-0.3, -0.25) is 0 Å². The summed E-state index contributed by atoms with van der Waals surface area (Å²) in [6.07, 6.45) is 5.06. The Morgan fingerprint density at radius 3 is 2.71 bits per heavy atom. The molecular formula is C19H15FN2O2. The van der Waals surface area contributed by atoms with Crippen LogP contribution in [-0.2, 0) is 6.54 Å². The van der Waals surface area contributed by atoms with Crippen LogP contribution in [0.1, 0.15) is 15.9 Å². The van der Waals surface area contributed by atoms with Gasteiger partial charge in [0.05, 0.1) is 11.9 Å². The molecule has 120 valence electrons. The van der Waals surface area contributed by atoms with Crippen LogP contribution in [0.2, 0.25) is 0 Å². The van der Waals surface area contributed by atoms with Crippen LogP contribution in [0.4, 0.5) is 4.39 Å². The Balaban J connectivity index is 1.85. The zero-order valence-electron chi connectivity index (χ0n) is 12.9. The van der Waals surface area contributed by atoms with E-state index < -0.39 is 11.8 Å². The third kappa shape index (κ3) is 3.57. The Morgan fingerprint density at radius 1 is 1.21 bits per heavy atom. The minimum absolute atomic E-state index is 0.273. The number of carbonyl (C=O) groups is 1. The highest BCUT2D eigenvalue weighted by Crippen LogP contribution is 2.28. The quantitative estimate of drug-likeness (QED) is 0.527. The topological polar surface area (TPSA) is 44.1 Å². The number of ether oxygens (including phenoxy) is 1. The average Bonchev–Trinajstić information content (AvgIpc) is 3.10. The van der Waals surface area contributed by atoms with Crippen LogP contribution in [0.3, 0.4) is 0 Å². The van der Waals surface area contributed by atoms with E-state index in [1.807, 2.05) is 6.07 Å². The fraction of sp³-hybridized carbons (Fsp3) is 0.0526. The van der Waals surface area contributed by atoms with Gasteiger partial charge in [0.15, 0.2) is 0 Å². The third-order valence-electron chi connectivity index (χ3n) is 3.47. The van der Waals surface area contributed by atoms with Crippen LogP contribution in [0.25, 0.3) is 5.57 Å². The SMILES string of the molecule is C=C(Cn1ccnc1)c1cc(F)ccc1OC(=O)c1ccccc1. The van der Waals surface area contributed by atoms with E-state index in [4.69, 9.17) is 4.74 Å². The van der Waals surface area contributed by atoms with Gasteiger partial charge in [-0.05, 0) is 35.9 Å². The van der Waals surface area contributed by atoms with E-state index in [2.05, 4.69) is 11.6 Å². The van der Waals surface area contributed by atoms with Crippen molar-refractivity contribution < 1.29 is 13.9 Å². The van der Waals surface area contributed by atoms with E-state index in [1.54, 1.807) is 47.6 Å². The molecule has 5 heteroatoms. The lowest BCUT2D eigenvalue weighted by Gasteiger charge is -2.13. The number of rotatable bonds is 5. The Kier molecular flexibility index (Phi) is 4.52. The molecule has 0 saturated heterocycles. The standard InChI is InChI=1S/C19H15FN2O2/c1-14(12-22-10-9-21-13-22)17-11-16(20)7-8-18(17)24-19(23)15-5-3-2-4-6-15/h2-11,13H,1,12H2. The van der Waals surface area contributed by atoms with E-state index in [9.17, 15) is 9.18 Å². The number of hydrogen-bond donors (Lipinski definition) is 0. The van der Waals surface area contributed by atoms with Gasteiger partial charge in [-0.15, -0.1) is 0 Å². The second-order valence-corrected chi connectivity index (χ2v) is 5.23. The number of halogens is 1. The Morgan fingerprint density at radius 2 is 2.00 bits per heavy atom. The van der Waals surface area contributed by atoms with Crippen molar-refractivity contribution in [1.29, 1.82) is 0 Å². The predicted molar refractivity (Wildman–Crippen MR) is 89.1 cm³/mol. The summed E-state index contributed by atoms with van der Waals surface area (Å²) in [7, 11) is 0. The lowest BCUT2D eigenvalue weighted by atomic mass is 10.1. The number of benzene rings is 2. The van der Waals surface area contributed by atoms with Gasteiger partial charge in [0, 0.05) is 24.5 Å². The molecule has 0 radical (unpaired) electrons. The van der Waals surface area contributed by atoms with E-state index in [0.29, 0.717) is 23.2 Å². The second kappa shape index (κ2) is 6.91. The number of allylic oxidation sites excluding steroid dienone is 1. The van der Waals surface area contributed by atoms with Crippen LogP contribution in [-0.4, -0.2) is 15.5 Å². The molecule has 1 aromatic heterocycles. The van der Waals surface area contributed by atoms with Gasteiger partial charge >= 0.3 is 5.97 Å². The van der Waals surface area contributed by atoms with E-state index in [1.165, 1.54) is 18.2 Å². The lowest BCUT2D eigenvalue weighted by molar-refractivity contribution is 0.0734. The maximum Gasteiger partial charge on any atom is 0.343 e. The number of esters is 1. The lowest BCUT2D eigenvalue weighted by Crippen LogP contribution is -2.10. The van der Waals surface area contributed by atoms with Crippen LogP contribution in [0.5, 0.6) is 5.75 Å². The summed E-state index contributed by atoms with van der Waals surface area (Å²) in [6, 6.07) is 12.6. The van der Waals surface area contributed by atoms with Crippen molar-refractivity contribution in [1.82, 2.24) is 9.55 Å². The van der Waals surface area contributed by atoms with Gasteiger partial charge in [0.2, 0.25) is 0 Å². The highest BCUT2D eigenvalue weighted by molar-refractivity contribution is 5.91. The molecular weight excluding hydrogens is 307 g/mol. The smallest absolute Gasteiger partial charge is 0.343 e. The Hall–Kier alpha value is -3.21. The minimum Gasteiger partial charge on any atom is -0.422 e. The molecule has 0 spiro atoms. The molecule has 4 nitrogen and oxygen atoms in total. The summed E-state index contributed by atoms with van der Waals surface area (Å²) >= 11 is 0. The maximum atomic E-state index is 13.6. The van der Waals surface area contributed by atoms with Gasteiger partial charge in [-0.25, -0.2) is 14.2 Å². The molecule has 0 saturated carbocycles. The minimum atomic E-state index is -0.501. The molecule has 1 heterocycles. The predicted octanol–water partition coefficient (Wildman–Crippen LogP) is 3.95. The number of carbonyl (C=O) groups excluding carboxylic acids is 1. The molecule has 2 aromatic carbocycles. The summed E-state index contributed by atoms with van der Waals surface area (Å²) < 4.78 is 20.9. The first-order valence-corrected chi connectivity index (χ1v) is 7.34. The normalized spacial score (nSPS) is 10.4. The average molecular weight is 322 g/mol. The Labute approximate surface area is 138 Å². The molecule has 0 fully saturated rings. The second-order valence-electron chi connectivity index (χ2n) is 5.23. The molecule has 0 N–H and O–H groups in total. The first-order valence-electron chi connectivity index (χ1n) is 7.34. The van der Waals surface area contributed by atoms with Crippen molar-refractivity contribution in [2.75, 3.05) is 0 Å². The van der Waals surface area contributed by atoms with Gasteiger partial charge in [0.25, 0.3) is 0 Å². The summed E-state index contributed by atoms with van der Waals surface area (Å²) in [6.45, 7) is 4.39. The van der Waals surface area contributed by atoms with Crippen molar-refractivity contribution in [2.24, 2.45) is 0 Å². The van der Waals surface area contributed by atoms with Crippen molar-refractivity contribution in [3.05, 3.63) is 90.8 Å². The largest absolute Gasteiger partial charge is 0.422 e. The molecule has 0 atom stereocenters. The summed E-state index contributed by atoms with van der Waals surface area (Å²) in [5.74, 6) is -0.648. The monoisotopic (exact) mass is 322 g/mol. The molecule has 3 aromatic rings. The van der Waals surface area contributed by atoms with E-state index >= 15 is 0 Å². The van der Waals surface area contributed by atoms with Gasteiger partial charge in [-0.2, -0.15) is 0 Å². The summed E-state index contributed by atoms with van der Waals surface area (Å²) in [5.41, 5.74) is 1.49. The van der Waals surface area contributed by atoms with Crippen LogP contribution < -0.4 is 4.74 Å². The zero-order valence-corrected chi connectivity index (χ0v) is 12.9. The number of aromatic nitrogens is 2. The van der Waals surface area contributed by atoms with Gasteiger partial charge in [0.1, 0.15) is 11.6 Å². The molecule has 3 rings (SSSR count). The fourth-order valence-electron chi connectivity index (χ4n) is 2.29. The van der Waals surface area contributed by atoms with Crippen LogP contribution >= 0.6 is 0 Å². The molecule has 0 bridgehead atoms. The highest BCUT2D eigenvalue weighted by Gasteiger charge is 2.14. The van der Waals surface area contributed by atoms with Crippen molar-refractivity contribution in [3.63, 3.8) is 0 Å². The van der Waals surface area contributed by atoms with Crippen LogP contribution in [0.15, 0.2) is 73.8 Å². The number of imidazole rings is 1.